The van der Waals surface area contributed by atoms with Gasteiger partial charge in [0.2, 0.25) is 0 Å². The minimum atomic E-state index is -0.276. The van der Waals surface area contributed by atoms with E-state index in [9.17, 15) is 9.18 Å². The number of para-hydroxylation sites is 1. The van der Waals surface area contributed by atoms with Crippen LogP contribution in [0.15, 0.2) is 48.5 Å². The highest BCUT2D eigenvalue weighted by Gasteiger charge is 2.43. The Morgan fingerprint density at radius 1 is 1.07 bits per heavy atom. The zero-order valence-electron chi connectivity index (χ0n) is 15.8. The van der Waals surface area contributed by atoms with Crippen LogP contribution in [0, 0.1) is 19.7 Å². The van der Waals surface area contributed by atoms with Crippen molar-refractivity contribution in [3.63, 3.8) is 0 Å². The van der Waals surface area contributed by atoms with Gasteiger partial charge in [0, 0.05) is 23.0 Å². The first-order valence-corrected chi connectivity index (χ1v) is 9.55. The van der Waals surface area contributed by atoms with Crippen molar-refractivity contribution in [1.29, 1.82) is 0 Å². The van der Waals surface area contributed by atoms with Crippen LogP contribution in [0.3, 0.4) is 0 Å². The predicted octanol–water partition coefficient (Wildman–Crippen LogP) is 4.36. The SMILES string of the molecule is Cc1nn(-c2ccc(F)cc2)c(C)c1[C@@H]1Nc2ccccc2C(=O)N1C1CC1. The second-order valence-corrected chi connectivity index (χ2v) is 7.51. The maximum atomic E-state index is 13.3. The van der Waals surface area contributed by atoms with Crippen molar-refractivity contribution in [1.82, 2.24) is 14.7 Å². The van der Waals surface area contributed by atoms with Crippen LogP contribution in [-0.2, 0) is 0 Å². The van der Waals surface area contributed by atoms with E-state index in [-0.39, 0.29) is 23.9 Å². The maximum absolute atomic E-state index is 13.3. The molecule has 1 aromatic heterocycles. The minimum absolute atomic E-state index is 0.0650. The van der Waals surface area contributed by atoms with Crippen molar-refractivity contribution in [2.75, 3.05) is 5.32 Å². The summed E-state index contributed by atoms with van der Waals surface area (Å²) in [5.41, 5.74) is 5.17. The van der Waals surface area contributed by atoms with Gasteiger partial charge in [0.1, 0.15) is 12.0 Å². The first-order chi connectivity index (χ1) is 13.5. The summed E-state index contributed by atoms with van der Waals surface area (Å²) in [7, 11) is 0. The van der Waals surface area contributed by atoms with Gasteiger partial charge in [-0.2, -0.15) is 5.10 Å². The second-order valence-electron chi connectivity index (χ2n) is 7.51. The average molecular weight is 376 g/mol. The number of aromatic nitrogens is 2. The van der Waals surface area contributed by atoms with E-state index in [0.717, 1.165) is 41.2 Å². The smallest absolute Gasteiger partial charge is 0.258 e. The van der Waals surface area contributed by atoms with E-state index in [1.165, 1.54) is 12.1 Å². The van der Waals surface area contributed by atoms with Crippen molar-refractivity contribution in [2.24, 2.45) is 0 Å². The first kappa shape index (κ1) is 17.0. The van der Waals surface area contributed by atoms with Gasteiger partial charge in [-0.1, -0.05) is 12.1 Å². The molecule has 0 unspecified atom stereocenters. The molecule has 1 atom stereocenters. The molecule has 142 valence electrons. The Balaban J connectivity index is 1.62. The molecule has 5 rings (SSSR count). The van der Waals surface area contributed by atoms with E-state index in [1.807, 2.05) is 47.7 Å². The second kappa shape index (κ2) is 6.19. The summed E-state index contributed by atoms with van der Waals surface area (Å²) in [5, 5.41) is 8.26. The van der Waals surface area contributed by atoms with Gasteiger partial charge in [0.05, 0.1) is 16.9 Å². The van der Waals surface area contributed by atoms with Crippen LogP contribution in [0.2, 0.25) is 0 Å². The lowest BCUT2D eigenvalue weighted by molar-refractivity contribution is 0.0665. The molecule has 5 nitrogen and oxygen atoms in total. The van der Waals surface area contributed by atoms with E-state index in [4.69, 9.17) is 5.10 Å². The van der Waals surface area contributed by atoms with Gasteiger partial charge < -0.3 is 10.2 Å². The third-order valence-electron chi connectivity index (χ3n) is 5.59. The largest absolute Gasteiger partial charge is 0.361 e. The molecular weight excluding hydrogens is 355 g/mol. The lowest BCUT2D eigenvalue weighted by Crippen LogP contribution is -2.44. The van der Waals surface area contributed by atoms with Gasteiger partial charge in [0.15, 0.2) is 0 Å². The first-order valence-electron chi connectivity index (χ1n) is 9.55. The summed E-state index contributed by atoms with van der Waals surface area (Å²) < 4.78 is 15.1. The highest BCUT2D eigenvalue weighted by atomic mass is 19.1. The standard InChI is InChI=1S/C22H21FN4O/c1-13-20(14(2)27(25-13)17-9-7-15(23)8-10-17)21-24-19-6-4-3-5-18(19)22(28)26(21)16-11-12-16/h3-10,16,21,24H,11-12H2,1-2H3/t21-/m1/s1. The molecule has 2 aromatic carbocycles. The summed E-state index contributed by atoms with van der Waals surface area (Å²) in [5.74, 6) is -0.211. The number of anilines is 1. The van der Waals surface area contributed by atoms with E-state index < -0.39 is 0 Å². The van der Waals surface area contributed by atoms with E-state index in [0.29, 0.717) is 5.56 Å². The Kier molecular flexibility index (Phi) is 3.75. The van der Waals surface area contributed by atoms with Gasteiger partial charge in [-0.25, -0.2) is 9.07 Å². The van der Waals surface area contributed by atoms with Crippen molar-refractivity contribution < 1.29 is 9.18 Å². The van der Waals surface area contributed by atoms with Crippen LogP contribution in [-0.4, -0.2) is 26.6 Å². The van der Waals surface area contributed by atoms with Crippen molar-refractivity contribution in [3.8, 4) is 5.69 Å². The number of hydrogen-bond acceptors (Lipinski definition) is 3. The number of nitrogens with zero attached hydrogens (tertiary/aromatic N) is 3. The summed E-state index contributed by atoms with van der Waals surface area (Å²) in [6.45, 7) is 3.95. The van der Waals surface area contributed by atoms with Crippen LogP contribution < -0.4 is 5.32 Å². The molecule has 0 bridgehead atoms. The Bertz CT molecular complexity index is 1070. The van der Waals surface area contributed by atoms with E-state index in [1.54, 1.807) is 12.1 Å². The molecule has 28 heavy (non-hydrogen) atoms. The van der Waals surface area contributed by atoms with Gasteiger partial charge in [-0.05, 0) is 63.1 Å². The lowest BCUT2D eigenvalue weighted by Gasteiger charge is -2.38. The molecule has 0 spiro atoms. The quantitative estimate of drug-likeness (QED) is 0.739. The molecular formula is C22H21FN4O. The summed E-state index contributed by atoms with van der Waals surface area (Å²) >= 11 is 0. The number of fused-ring (bicyclic) bond motifs is 1. The molecule has 6 heteroatoms. The number of hydrogen-bond donors (Lipinski definition) is 1. The molecule has 1 saturated carbocycles. The van der Waals surface area contributed by atoms with Gasteiger partial charge in [-0.15, -0.1) is 0 Å². The van der Waals surface area contributed by atoms with Gasteiger partial charge in [0.25, 0.3) is 5.91 Å². The molecule has 1 N–H and O–H groups in total. The normalized spacial score (nSPS) is 18.8. The summed E-state index contributed by atoms with van der Waals surface area (Å²) in [6.07, 6.45) is 1.79. The topological polar surface area (TPSA) is 50.2 Å². The molecule has 1 aliphatic heterocycles. The number of amides is 1. The Hall–Kier alpha value is -3.15. The van der Waals surface area contributed by atoms with Gasteiger partial charge >= 0.3 is 0 Å². The molecule has 0 saturated heterocycles. The fourth-order valence-electron chi connectivity index (χ4n) is 4.09. The Morgan fingerprint density at radius 3 is 2.50 bits per heavy atom. The highest BCUT2D eigenvalue weighted by Crippen LogP contribution is 2.42. The predicted molar refractivity (Wildman–Crippen MR) is 105 cm³/mol. The molecule has 0 radical (unpaired) electrons. The molecule has 3 aromatic rings. The number of carbonyl (C=O) groups excluding carboxylic acids is 1. The van der Waals surface area contributed by atoms with E-state index >= 15 is 0 Å². The van der Waals surface area contributed by atoms with Crippen molar-refractivity contribution >= 4 is 11.6 Å². The molecule has 1 aliphatic carbocycles. The van der Waals surface area contributed by atoms with Crippen LogP contribution in [0.1, 0.15) is 46.3 Å². The van der Waals surface area contributed by atoms with Crippen LogP contribution >= 0.6 is 0 Å². The third kappa shape index (κ3) is 2.59. The van der Waals surface area contributed by atoms with Crippen LogP contribution in [0.25, 0.3) is 5.69 Å². The number of rotatable bonds is 3. The van der Waals surface area contributed by atoms with E-state index in [2.05, 4.69) is 5.32 Å². The Labute approximate surface area is 162 Å². The number of halogens is 1. The third-order valence-corrected chi connectivity index (χ3v) is 5.59. The highest BCUT2D eigenvalue weighted by molar-refractivity contribution is 6.02. The number of aryl methyl sites for hydroxylation is 1. The zero-order valence-corrected chi connectivity index (χ0v) is 15.8. The number of benzene rings is 2. The zero-order chi connectivity index (χ0) is 19.4. The van der Waals surface area contributed by atoms with Gasteiger partial charge in [-0.3, -0.25) is 4.79 Å². The molecule has 1 amide bonds. The molecule has 2 aliphatic rings. The lowest BCUT2D eigenvalue weighted by atomic mass is 10.0. The van der Waals surface area contributed by atoms with Crippen LogP contribution in [0.4, 0.5) is 10.1 Å². The average Bonchev–Trinajstić information content (AvgIpc) is 3.47. The van der Waals surface area contributed by atoms with Crippen molar-refractivity contribution in [3.05, 3.63) is 76.9 Å². The molecule has 1 fully saturated rings. The fraction of sp³-hybridized carbons (Fsp3) is 0.273. The maximum Gasteiger partial charge on any atom is 0.258 e. The molecule has 2 heterocycles. The number of carbonyl (C=O) groups is 1. The Morgan fingerprint density at radius 2 is 1.79 bits per heavy atom. The summed E-state index contributed by atoms with van der Waals surface area (Å²) in [4.78, 5) is 15.2. The fourth-order valence-corrected chi connectivity index (χ4v) is 4.09. The van der Waals surface area contributed by atoms with Crippen LogP contribution in [0.5, 0.6) is 0 Å². The monoisotopic (exact) mass is 376 g/mol. The number of nitrogens with one attached hydrogen (secondary N) is 1. The summed E-state index contributed by atoms with van der Waals surface area (Å²) in [6, 6.07) is 14.2. The minimum Gasteiger partial charge on any atom is -0.361 e. The van der Waals surface area contributed by atoms with Crippen molar-refractivity contribution in [2.45, 2.75) is 38.9 Å².